The van der Waals surface area contributed by atoms with E-state index in [0.29, 0.717) is 13.2 Å². The molecule has 3 nitrogen and oxygen atoms in total. The van der Waals surface area contributed by atoms with E-state index in [1.54, 1.807) is 6.92 Å². The van der Waals surface area contributed by atoms with Crippen molar-refractivity contribution in [3.8, 4) is 5.75 Å². The van der Waals surface area contributed by atoms with Gasteiger partial charge in [0, 0.05) is 5.69 Å². The summed E-state index contributed by atoms with van der Waals surface area (Å²) in [4.78, 5) is 10.8. The maximum absolute atomic E-state index is 10.8. The third-order valence-corrected chi connectivity index (χ3v) is 2.02. The zero-order valence-corrected chi connectivity index (χ0v) is 9.46. The molecule has 0 radical (unpaired) electrons. The Morgan fingerprint density at radius 2 is 2.20 bits per heavy atom. The smallest absolute Gasteiger partial charge is 0.148 e. The molecule has 0 fully saturated rings. The first-order chi connectivity index (χ1) is 7.13. The van der Waals surface area contributed by atoms with Crippen LogP contribution in [0.1, 0.15) is 19.4 Å². The molecule has 0 bridgehead atoms. The highest BCUT2D eigenvalue weighted by Gasteiger charge is 2.00. The van der Waals surface area contributed by atoms with Gasteiger partial charge in [0.05, 0.1) is 13.2 Å². The SMILES string of the molecule is CCOc1ccc(NCC(C)=O)cc1C. The molecule has 0 aliphatic heterocycles. The number of ether oxygens (including phenoxy) is 1. The van der Waals surface area contributed by atoms with Gasteiger partial charge >= 0.3 is 0 Å². The number of benzene rings is 1. The summed E-state index contributed by atoms with van der Waals surface area (Å²) in [6, 6.07) is 5.82. The molecule has 0 aliphatic rings. The molecule has 1 aromatic carbocycles. The molecule has 1 aromatic rings. The first-order valence-corrected chi connectivity index (χ1v) is 5.10. The van der Waals surface area contributed by atoms with E-state index in [0.717, 1.165) is 17.0 Å². The minimum Gasteiger partial charge on any atom is -0.494 e. The first-order valence-electron chi connectivity index (χ1n) is 5.10. The Labute approximate surface area is 90.4 Å². The van der Waals surface area contributed by atoms with Crippen LogP contribution in [-0.2, 0) is 4.79 Å². The molecule has 0 aliphatic carbocycles. The highest BCUT2D eigenvalue weighted by molar-refractivity contribution is 5.80. The Hall–Kier alpha value is -1.51. The van der Waals surface area contributed by atoms with Crippen LogP contribution in [0.5, 0.6) is 5.75 Å². The van der Waals surface area contributed by atoms with Crippen LogP contribution in [0, 0.1) is 6.92 Å². The van der Waals surface area contributed by atoms with Crippen molar-refractivity contribution in [2.24, 2.45) is 0 Å². The second-order valence-electron chi connectivity index (χ2n) is 3.47. The third-order valence-electron chi connectivity index (χ3n) is 2.02. The van der Waals surface area contributed by atoms with E-state index in [9.17, 15) is 4.79 Å². The Balaban J connectivity index is 2.68. The molecule has 0 saturated carbocycles. The van der Waals surface area contributed by atoms with E-state index in [2.05, 4.69) is 5.32 Å². The maximum Gasteiger partial charge on any atom is 0.148 e. The molecule has 0 heterocycles. The summed E-state index contributed by atoms with van der Waals surface area (Å²) in [7, 11) is 0. The van der Waals surface area contributed by atoms with E-state index in [4.69, 9.17) is 4.74 Å². The van der Waals surface area contributed by atoms with Gasteiger partial charge in [0.15, 0.2) is 0 Å². The average molecular weight is 207 g/mol. The Morgan fingerprint density at radius 1 is 1.47 bits per heavy atom. The lowest BCUT2D eigenvalue weighted by atomic mass is 10.2. The van der Waals surface area contributed by atoms with Crippen molar-refractivity contribution < 1.29 is 9.53 Å². The summed E-state index contributed by atoms with van der Waals surface area (Å²) in [5.74, 6) is 1.02. The van der Waals surface area contributed by atoms with Gasteiger partial charge in [-0.1, -0.05) is 0 Å². The van der Waals surface area contributed by atoms with E-state index in [1.165, 1.54) is 0 Å². The predicted octanol–water partition coefficient (Wildman–Crippen LogP) is 2.39. The highest BCUT2D eigenvalue weighted by Crippen LogP contribution is 2.21. The highest BCUT2D eigenvalue weighted by atomic mass is 16.5. The number of nitrogens with one attached hydrogen (secondary N) is 1. The fourth-order valence-corrected chi connectivity index (χ4v) is 1.30. The van der Waals surface area contributed by atoms with Gasteiger partial charge in [0.25, 0.3) is 0 Å². The van der Waals surface area contributed by atoms with Crippen molar-refractivity contribution in [2.75, 3.05) is 18.5 Å². The van der Waals surface area contributed by atoms with E-state index < -0.39 is 0 Å². The number of carbonyl (C=O) groups is 1. The normalized spacial score (nSPS) is 9.80. The molecule has 0 atom stereocenters. The third kappa shape index (κ3) is 3.62. The predicted molar refractivity (Wildman–Crippen MR) is 61.5 cm³/mol. The van der Waals surface area contributed by atoms with Crippen LogP contribution in [0.3, 0.4) is 0 Å². The topological polar surface area (TPSA) is 38.3 Å². The molecule has 3 heteroatoms. The molecular weight excluding hydrogens is 190 g/mol. The van der Waals surface area contributed by atoms with Crippen molar-refractivity contribution in [2.45, 2.75) is 20.8 Å². The van der Waals surface area contributed by atoms with Crippen molar-refractivity contribution in [1.82, 2.24) is 0 Å². The first kappa shape index (κ1) is 11.6. The number of hydrogen-bond acceptors (Lipinski definition) is 3. The fourth-order valence-electron chi connectivity index (χ4n) is 1.30. The van der Waals surface area contributed by atoms with Crippen LogP contribution >= 0.6 is 0 Å². The minimum absolute atomic E-state index is 0.126. The number of aryl methyl sites for hydroxylation is 1. The summed E-state index contributed by atoms with van der Waals surface area (Å²) in [6.07, 6.45) is 0. The molecule has 82 valence electrons. The van der Waals surface area contributed by atoms with Crippen molar-refractivity contribution >= 4 is 11.5 Å². The lowest BCUT2D eigenvalue weighted by Gasteiger charge is -2.09. The van der Waals surface area contributed by atoms with Crippen molar-refractivity contribution in [1.29, 1.82) is 0 Å². The van der Waals surface area contributed by atoms with Gasteiger partial charge < -0.3 is 10.1 Å². The lowest BCUT2D eigenvalue weighted by Crippen LogP contribution is -2.09. The second-order valence-corrected chi connectivity index (χ2v) is 3.47. The Kier molecular flexibility index (Phi) is 4.16. The number of anilines is 1. The molecule has 0 spiro atoms. The molecular formula is C12H17NO2. The lowest BCUT2D eigenvalue weighted by molar-refractivity contribution is -0.115. The van der Waals surface area contributed by atoms with Crippen molar-refractivity contribution in [3.05, 3.63) is 23.8 Å². The molecule has 1 N–H and O–H groups in total. The molecule has 1 rings (SSSR count). The standard InChI is InChI=1S/C12H17NO2/c1-4-15-12-6-5-11(7-9(12)2)13-8-10(3)14/h5-7,13H,4,8H2,1-3H3. The van der Waals surface area contributed by atoms with Gasteiger partial charge in [-0.15, -0.1) is 0 Å². The number of hydrogen-bond donors (Lipinski definition) is 1. The molecule has 0 saturated heterocycles. The Morgan fingerprint density at radius 3 is 2.73 bits per heavy atom. The van der Waals surface area contributed by atoms with Gasteiger partial charge in [-0.25, -0.2) is 0 Å². The molecule has 0 amide bonds. The Bertz CT molecular complexity index is 347. The zero-order chi connectivity index (χ0) is 11.3. The number of ketones is 1. The summed E-state index contributed by atoms with van der Waals surface area (Å²) >= 11 is 0. The monoisotopic (exact) mass is 207 g/mol. The quantitative estimate of drug-likeness (QED) is 0.805. The van der Waals surface area contributed by atoms with Crippen LogP contribution in [-0.4, -0.2) is 18.9 Å². The molecule has 15 heavy (non-hydrogen) atoms. The van der Waals surface area contributed by atoms with Crippen LogP contribution in [0.2, 0.25) is 0 Å². The zero-order valence-electron chi connectivity index (χ0n) is 9.46. The van der Waals surface area contributed by atoms with Crippen LogP contribution in [0.15, 0.2) is 18.2 Å². The molecule has 0 aromatic heterocycles. The number of Topliss-reactive ketones (excluding diaryl/α,β-unsaturated/α-hetero) is 1. The van der Waals surface area contributed by atoms with E-state index in [-0.39, 0.29) is 5.78 Å². The maximum atomic E-state index is 10.8. The van der Waals surface area contributed by atoms with Gasteiger partial charge in [-0.3, -0.25) is 4.79 Å². The van der Waals surface area contributed by atoms with Crippen LogP contribution in [0.4, 0.5) is 5.69 Å². The van der Waals surface area contributed by atoms with Gasteiger partial charge in [-0.2, -0.15) is 0 Å². The van der Waals surface area contributed by atoms with Crippen LogP contribution < -0.4 is 10.1 Å². The number of rotatable bonds is 5. The fraction of sp³-hybridized carbons (Fsp3) is 0.417. The second kappa shape index (κ2) is 5.39. The summed E-state index contributed by atoms with van der Waals surface area (Å²) in [5, 5.41) is 3.05. The summed E-state index contributed by atoms with van der Waals surface area (Å²) < 4.78 is 5.42. The summed E-state index contributed by atoms with van der Waals surface area (Å²) in [5.41, 5.74) is 2.02. The number of carbonyl (C=O) groups excluding carboxylic acids is 1. The summed E-state index contributed by atoms with van der Waals surface area (Å²) in [6.45, 7) is 6.55. The molecule has 0 unspecified atom stereocenters. The van der Waals surface area contributed by atoms with Gasteiger partial charge in [0.2, 0.25) is 0 Å². The van der Waals surface area contributed by atoms with E-state index in [1.807, 2.05) is 32.0 Å². The van der Waals surface area contributed by atoms with Crippen molar-refractivity contribution in [3.63, 3.8) is 0 Å². The minimum atomic E-state index is 0.126. The van der Waals surface area contributed by atoms with Gasteiger partial charge in [0.1, 0.15) is 11.5 Å². The van der Waals surface area contributed by atoms with E-state index >= 15 is 0 Å². The van der Waals surface area contributed by atoms with Gasteiger partial charge in [-0.05, 0) is 44.5 Å². The average Bonchev–Trinajstić information content (AvgIpc) is 2.19. The van der Waals surface area contributed by atoms with Crippen LogP contribution in [0.25, 0.3) is 0 Å². The largest absolute Gasteiger partial charge is 0.494 e.